The zero-order valence-corrected chi connectivity index (χ0v) is 11.4. The Morgan fingerprint density at radius 3 is 2.67 bits per heavy atom. The normalized spacial score (nSPS) is 10.4. The molecule has 1 N–H and O–H groups in total. The summed E-state index contributed by atoms with van der Waals surface area (Å²) in [6, 6.07) is 9.99. The molecule has 0 aliphatic carbocycles. The molecule has 0 fully saturated rings. The Bertz CT molecular complexity index is 570. The SMILES string of the molecule is Cc1ccc(NCc2cccc(F)c2F)c(Br)c1. The smallest absolute Gasteiger partial charge is 0.163 e. The molecule has 18 heavy (non-hydrogen) atoms. The monoisotopic (exact) mass is 311 g/mol. The number of benzene rings is 2. The predicted octanol–water partition coefficient (Wildman–Crippen LogP) is 4.65. The van der Waals surface area contributed by atoms with E-state index in [1.165, 1.54) is 6.07 Å². The van der Waals surface area contributed by atoms with Crippen LogP contribution in [0.2, 0.25) is 0 Å². The highest BCUT2D eigenvalue weighted by atomic mass is 79.9. The lowest BCUT2D eigenvalue weighted by atomic mass is 10.2. The molecule has 0 unspecified atom stereocenters. The third-order valence-electron chi connectivity index (χ3n) is 2.63. The molecule has 0 amide bonds. The second-order valence-corrected chi connectivity index (χ2v) is 4.90. The average Bonchev–Trinajstić information content (AvgIpc) is 2.33. The van der Waals surface area contributed by atoms with E-state index in [1.807, 2.05) is 25.1 Å². The van der Waals surface area contributed by atoms with Gasteiger partial charge in [-0.05, 0) is 46.6 Å². The maximum atomic E-state index is 13.4. The van der Waals surface area contributed by atoms with Crippen molar-refractivity contribution >= 4 is 21.6 Å². The summed E-state index contributed by atoms with van der Waals surface area (Å²) in [5, 5.41) is 3.07. The van der Waals surface area contributed by atoms with Crippen molar-refractivity contribution in [1.29, 1.82) is 0 Å². The summed E-state index contributed by atoms with van der Waals surface area (Å²) in [6.45, 7) is 2.23. The zero-order chi connectivity index (χ0) is 13.1. The van der Waals surface area contributed by atoms with Crippen molar-refractivity contribution in [2.75, 3.05) is 5.32 Å². The maximum Gasteiger partial charge on any atom is 0.163 e. The van der Waals surface area contributed by atoms with Crippen LogP contribution < -0.4 is 5.32 Å². The third-order valence-corrected chi connectivity index (χ3v) is 3.28. The first-order valence-electron chi connectivity index (χ1n) is 5.51. The maximum absolute atomic E-state index is 13.4. The lowest BCUT2D eigenvalue weighted by Crippen LogP contribution is -2.03. The van der Waals surface area contributed by atoms with Crippen molar-refractivity contribution in [1.82, 2.24) is 0 Å². The molecular formula is C14H12BrF2N. The molecule has 0 spiro atoms. The number of hydrogen-bond donors (Lipinski definition) is 1. The van der Waals surface area contributed by atoms with E-state index >= 15 is 0 Å². The van der Waals surface area contributed by atoms with E-state index in [0.717, 1.165) is 21.8 Å². The van der Waals surface area contributed by atoms with Crippen molar-refractivity contribution in [2.45, 2.75) is 13.5 Å². The summed E-state index contributed by atoms with van der Waals surface area (Å²) >= 11 is 3.42. The molecule has 0 aliphatic heterocycles. The Morgan fingerprint density at radius 1 is 1.17 bits per heavy atom. The summed E-state index contributed by atoms with van der Waals surface area (Å²) in [6.07, 6.45) is 0. The Labute approximate surface area is 113 Å². The van der Waals surface area contributed by atoms with Gasteiger partial charge in [0.2, 0.25) is 0 Å². The Hall–Kier alpha value is -1.42. The van der Waals surface area contributed by atoms with Crippen LogP contribution in [0.1, 0.15) is 11.1 Å². The van der Waals surface area contributed by atoms with Gasteiger partial charge in [-0.1, -0.05) is 18.2 Å². The number of nitrogens with one attached hydrogen (secondary N) is 1. The van der Waals surface area contributed by atoms with Crippen LogP contribution in [0.25, 0.3) is 0 Å². The summed E-state index contributed by atoms with van der Waals surface area (Å²) in [5.41, 5.74) is 2.29. The minimum Gasteiger partial charge on any atom is -0.380 e. The first-order valence-corrected chi connectivity index (χ1v) is 6.30. The van der Waals surface area contributed by atoms with Gasteiger partial charge in [-0.25, -0.2) is 8.78 Å². The fraction of sp³-hybridized carbons (Fsp3) is 0.143. The fourth-order valence-corrected chi connectivity index (χ4v) is 2.27. The predicted molar refractivity (Wildman–Crippen MR) is 72.6 cm³/mol. The second-order valence-electron chi connectivity index (χ2n) is 4.05. The third kappa shape index (κ3) is 2.88. The quantitative estimate of drug-likeness (QED) is 0.870. The van der Waals surface area contributed by atoms with E-state index in [4.69, 9.17) is 0 Å². The van der Waals surface area contributed by atoms with Gasteiger partial charge in [0.25, 0.3) is 0 Å². The van der Waals surface area contributed by atoms with Crippen LogP contribution in [-0.4, -0.2) is 0 Å². The van der Waals surface area contributed by atoms with Gasteiger partial charge in [0.05, 0.1) is 0 Å². The van der Waals surface area contributed by atoms with Crippen molar-refractivity contribution < 1.29 is 8.78 Å². The first-order chi connectivity index (χ1) is 8.58. The van der Waals surface area contributed by atoms with Crippen LogP contribution in [0.5, 0.6) is 0 Å². The van der Waals surface area contributed by atoms with E-state index in [-0.39, 0.29) is 6.54 Å². The molecule has 4 heteroatoms. The lowest BCUT2D eigenvalue weighted by molar-refractivity contribution is 0.500. The highest BCUT2D eigenvalue weighted by Gasteiger charge is 2.07. The van der Waals surface area contributed by atoms with Gasteiger partial charge >= 0.3 is 0 Å². The molecule has 0 saturated heterocycles. The summed E-state index contributed by atoms with van der Waals surface area (Å²) < 4.78 is 27.4. The minimum atomic E-state index is -0.822. The van der Waals surface area contributed by atoms with E-state index in [0.29, 0.717) is 5.56 Å². The summed E-state index contributed by atoms with van der Waals surface area (Å²) in [7, 11) is 0. The average molecular weight is 312 g/mol. The van der Waals surface area contributed by atoms with Gasteiger partial charge < -0.3 is 5.32 Å². The number of hydrogen-bond acceptors (Lipinski definition) is 1. The van der Waals surface area contributed by atoms with E-state index in [9.17, 15) is 8.78 Å². The molecule has 1 nitrogen and oxygen atoms in total. The highest BCUT2D eigenvalue weighted by molar-refractivity contribution is 9.10. The van der Waals surface area contributed by atoms with Crippen LogP contribution >= 0.6 is 15.9 Å². The Balaban J connectivity index is 2.14. The van der Waals surface area contributed by atoms with Gasteiger partial charge in [0.1, 0.15) is 0 Å². The van der Waals surface area contributed by atoms with Crippen molar-refractivity contribution in [2.24, 2.45) is 0 Å². The van der Waals surface area contributed by atoms with Gasteiger partial charge in [-0.3, -0.25) is 0 Å². The molecule has 0 bridgehead atoms. The summed E-state index contributed by atoms with van der Waals surface area (Å²) in [5.74, 6) is -1.62. The largest absolute Gasteiger partial charge is 0.380 e. The van der Waals surface area contributed by atoms with Crippen LogP contribution in [0, 0.1) is 18.6 Å². The van der Waals surface area contributed by atoms with Gasteiger partial charge in [0, 0.05) is 22.3 Å². The molecule has 94 valence electrons. The van der Waals surface area contributed by atoms with E-state index in [2.05, 4.69) is 21.2 Å². The molecule has 0 atom stereocenters. The molecule has 2 aromatic rings. The van der Waals surface area contributed by atoms with Crippen LogP contribution in [-0.2, 0) is 6.54 Å². The van der Waals surface area contributed by atoms with Crippen molar-refractivity contribution in [3.63, 3.8) is 0 Å². The number of rotatable bonds is 3. The Morgan fingerprint density at radius 2 is 1.94 bits per heavy atom. The molecule has 0 radical (unpaired) electrons. The number of halogens is 3. The van der Waals surface area contributed by atoms with Gasteiger partial charge in [-0.15, -0.1) is 0 Å². The van der Waals surface area contributed by atoms with E-state index in [1.54, 1.807) is 6.07 Å². The van der Waals surface area contributed by atoms with Crippen LogP contribution in [0.4, 0.5) is 14.5 Å². The molecule has 0 aromatic heterocycles. The van der Waals surface area contributed by atoms with E-state index < -0.39 is 11.6 Å². The topological polar surface area (TPSA) is 12.0 Å². The first kappa shape index (κ1) is 13.0. The molecule has 2 rings (SSSR count). The van der Waals surface area contributed by atoms with Crippen LogP contribution in [0.3, 0.4) is 0 Å². The number of aryl methyl sites for hydroxylation is 1. The second kappa shape index (κ2) is 5.48. The zero-order valence-electron chi connectivity index (χ0n) is 9.81. The van der Waals surface area contributed by atoms with Crippen molar-refractivity contribution in [3.8, 4) is 0 Å². The standard InChI is InChI=1S/C14H12BrF2N/c1-9-5-6-13(11(15)7-9)18-8-10-3-2-4-12(16)14(10)17/h2-7,18H,8H2,1H3. The molecule has 0 saturated carbocycles. The molecule has 2 aromatic carbocycles. The summed E-state index contributed by atoms with van der Waals surface area (Å²) in [4.78, 5) is 0. The molecular weight excluding hydrogens is 300 g/mol. The van der Waals surface area contributed by atoms with Crippen molar-refractivity contribution in [3.05, 3.63) is 63.6 Å². The number of anilines is 1. The highest BCUT2D eigenvalue weighted by Crippen LogP contribution is 2.24. The minimum absolute atomic E-state index is 0.241. The molecule has 0 heterocycles. The van der Waals surface area contributed by atoms with Gasteiger partial charge in [0.15, 0.2) is 11.6 Å². The van der Waals surface area contributed by atoms with Gasteiger partial charge in [-0.2, -0.15) is 0 Å². The fourth-order valence-electron chi connectivity index (χ4n) is 1.64. The van der Waals surface area contributed by atoms with Crippen LogP contribution in [0.15, 0.2) is 40.9 Å². The lowest BCUT2D eigenvalue weighted by Gasteiger charge is -2.10. The molecule has 0 aliphatic rings. The Kier molecular flexibility index (Phi) is 3.97.